The molecule has 0 radical (unpaired) electrons. The molecule has 1 aliphatic rings. The summed E-state index contributed by atoms with van der Waals surface area (Å²) in [5.74, 6) is 0. The van der Waals surface area contributed by atoms with Gasteiger partial charge < -0.3 is 0 Å². The van der Waals surface area contributed by atoms with Crippen molar-refractivity contribution < 1.29 is 0 Å². The molecule has 0 atom stereocenters. The van der Waals surface area contributed by atoms with Gasteiger partial charge in [0.2, 0.25) is 0 Å². The van der Waals surface area contributed by atoms with Crippen molar-refractivity contribution >= 4 is 72.3 Å². The summed E-state index contributed by atoms with van der Waals surface area (Å²) in [6.45, 7) is 0. The number of hydrogen-bond donors (Lipinski definition) is 2. The highest BCUT2D eigenvalue weighted by Gasteiger charge is 2.17. The summed E-state index contributed by atoms with van der Waals surface area (Å²) < 4.78 is 4.67. The van der Waals surface area contributed by atoms with Gasteiger partial charge in [-0.05, 0) is 12.5 Å². The van der Waals surface area contributed by atoms with Crippen molar-refractivity contribution in [3.05, 3.63) is 16.9 Å². The zero-order valence-electron chi connectivity index (χ0n) is 6.53. The Labute approximate surface area is 101 Å². The average molecular weight is 273 g/mol. The van der Waals surface area contributed by atoms with Crippen molar-refractivity contribution in [2.75, 3.05) is 12.5 Å². The van der Waals surface area contributed by atoms with Gasteiger partial charge in [-0.15, -0.1) is 48.8 Å². The Hall–Kier alpha value is 1.58. The van der Waals surface area contributed by atoms with Crippen LogP contribution in [0.15, 0.2) is 16.9 Å². The molecule has 6 heteroatoms. The van der Waals surface area contributed by atoms with Crippen LogP contribution in [0, 0.1) is 0 Å². The van der Waals surface area contributed by atoms with E-state index >= 15 is 0 Å². The van der Waals surface area contributed by atoms with Crippen molar-refractivity contribution in [2.45, 2.75) is 0 Å². The van der Waals surface area contributed by atoms with Crippen molar-refractivity contribution in [3.8, 4) is 0 Å². The third-order valence-electron chi connectivity index (χ3n) is 1.10. The largest absolute Gasteiger partial charge is 0.135 e. The first kappa shape index (κ1) is 11.7. The lowest BCUT2D eigenvalue weighted by Crippen LogP contribution is -1.83. The predicted octanol–water partition coefficient (Wildman–Crippen LogP) is 4.31. The number of hydrogen-bond acceptors (Lipinski definition) is 6. The molecule has 12 heavy (non-hydrogen) atoms. The van der Waals surface area contributed by atoms with Crippen LogP contribution in [0.4, 0.5) is 0 Å². The van der Waals surface area contributed by atoms with E-state index in [0.29, 0.717) is 0 Å². The fourth-order valence-electron chi connectivity index (χ4n) is 0.596. The number of thiol groups is 2. The fraction of sp³-hybridized carbons (Fsp3) is 0.333. The molecule has 1 rings (SSSR count). The van der Waals surface area contributed by atoms with E-state index in [0.717, 1.165) is 8.47 Å². The van der Waals surface area contributed by atoms with Crippen molar-refractivity contribution in [1.29, 1.82) is 0 Å². The van der Waals surface area contributed by atoms with Crippen LogP contribution < -0.4 is 0 Å². The maximum Gasteiger partial charge on any atom is 0.0657 e. The number of rotatable bonds is 2. The van der Waals surface area contributed by atoms with Gasteiger partial charge in [0.05, 0.1) is 16.9 Å². The Morgan fingerprint density at radius 3 is 1.50 bits per heavy atom. The van der Waals surface area contributed by atoms with E-state index in [1.54, 1.807) is 47.0 Å². The second-order valence-corrected chi connectivity index (χ2v) is 7.49. The summed E-state index contributed by atoms with van der Waals surface area (Å²) in [5.41, 5.74) is 0. The summed E-state index contributed by atoms with van der Waals surface area (Å²) in [6, 6.07) is 0. The van der Waals surface area contributed by atoms with Gasteiger partial charge in [-0.25, -0.2) is 0 Å². The van der Waals surface area contributed by atoms with E-state index in [2.05, 4.69) is 37.8 Å². The van der Waals surface area contributed by atoms with Gasteiger partial charge in [0.1, 0.15) is 0 Å². The highest BCUT2D eigenvalue weighted by molar-refractivity contribution is 8.36. The van der Waals surface area contributed by atoms with Gasteiger partial charge in [0, 0.05) is 0 Å². The molecule has 0 unspecified atom stereocenters. The Bertz CT molecular complexity index is 216. The van der Waals surface area contributed by atoms with Crippen LogP contribution in [0.3, 0.4) is 0 Å². The van der Waals surface area contributed by atoms with Crippen LogP contribution in [0.25, 0.3) is 0 Å². The second-order valence-electron chi connectivity index (χ2n) is 1.80. The third-order valence-corrected chi connectivity index (χ3v) is 7.44. The fourth-order valence-corrected chi connectivity index (χ4v) is 5.73. The molecule has 1 heterocycles. The molecule has 0 aromatic rings. The SMILES string of the molecule is CSC1=C(SC)SC(S)=C(S)S1. The van der Waals surface area contributed by atoms with Crippen LogP contribution >= 0.6 is 72.3 Å². The summed E-state index contributed by atoms with van der Waals surface area (Å²) >= 11 is 15.6. The highest BCUT2D eigenvalue weighted by Crippen LogP contribution is 2.53. The van der Waals surface area contributed by atoms with Crippen molar-refractivity contribution in [3.63, 3.8) is 0 Å². The summed E-state index contributed by atoms with van der Waals surface area (Å²) in [6.07, 6.45) is 4.17. The smallest absolute Gasteiger partial charge is 0.0657 e. The van der Waals surface area contributed by atoms with E-state index in [4.69, 9.17) is 0 Å². The molecular formula is C6H8S6. The Morgan fingerprint density at radius 1 is 0.917 bits per heavy atom. The Morgan fingerprint density at radius 2 is 1.25 bits per heavy atom. The molecule has 0 saturated carbocycles. The van der Waals surface area contributed by atoms with Gasteiger partial charge in [-0.2, -0.15) is 0 Å². The molecule has 0 bridgehead atoms. The van der Waals surface area contributed by atoms with E-state index < -0.39 is 0 Å². The Kier molecular flexibility index (Phi) is 5.30. The standard InChI is InChI=1S/C6H8S6/c1-9-5-6(10-2)12-4(8)3(7)11-5/h7-8H,1-2H3. The maximum absolute atomic E-state index is 4.34. The lowest BCUT2D eigenvalue weighted by molar-refractivity contribution is 2.20. The van der Waals surface area contributed by atoms with Crippen molar-refractivity contribution in [1.82, 2.24) is 0 Å². The molecular weight excluding hydrogens is 264 g/mol. The molecule has 0 saturated heterocycles. The lowest BCUT2D eigenvalue weighted by atomic mass is 11.2. The minimum Gasteiger partial charge on any atom is -0.135 e. The molecule has 0 amide bonds. The normalized spacial score (nSPS) is 19.0. The summed E-state index contributed by atoms with van der Waals surface area (Å²) in [5, 5.41) is 0. The summed E-state index contributed by atoms with van der Waals surface area (Å²) in [7, 11) is 0. The quantitative estimate of drug-likeness (QED) is 0.719. The molecule has 0 spiro atoms. The molecule has 0 nitrogen and oxygen atoms in total. The highest BCUT2D eigenvalue weighted by atomic mass is 32.2. The van der Waals surface area contributed by atoms with Gasteiger partial charge >= 0.3 is 0 Å². The third kappa shape index (κ3) is 2.78. The van der Waals surface area contributed by atoms with Gasteiger partial charge in [-0.3, -0.25) is 0 Å². The van der Waals surface area contributed by atoms with Crippen LogP contribution in [-0.2, 0) is 0 Å². The molecule has 1 aliphatic heterocycles. The summed E-state index contributed by atoms with van der Waals surface area (Å²) in [4.78, 5) is 0. The molecule has 0 aliphatic carbocycles. The zero-order valence-corrected chi connectivity index (χ0v) is 11.6. The van der Waals surface area contributed by atoms with Gasteiger partial charge in [-0.1, -0.05) is 23.5 Å². The topological polar surface area (TPSA) is 0 Å². The molecule has 0 aromatic heterocycles. The van der Waals surface area contributed by atoms with Crippen LogP contribution in [0.5, 0.6) is 0 Å². The van der Waals surface area contributed by atoms with E-state index in [-0.39, 0.29) is 0 Å². The first-order valence-electron chi connectivity index (χ1n) is 2.99. The van der Waals surface area contributed by atoms with Crippen LogP contribution in [0.2, 0.25) is 0 Å². The lowest BCUT2D eigenvalue weighted by Gasteiger charge is -2.16. The van der Waals surface area contributed by atoms with Crippen LogP contribution in [-0.4, -0.2) is 12.5 Å². The Balaban J connectivity index is 2.82. The molecule has 0 N–H and O–H groups in total. The van der Waals surface area contributed by atoms with Gasteiger partial charge in [0.15, 0.2) is 0 Å². The van der Waals surface area contributed by atoms with Crippen molar-refractivity contribution in [2.24, 2.45) is 0 Å². The zero-order chi connectivity index (χ0) is 9.14. The van der Waals surface area contributed by atoms with E-state index in [9.17, 15) is 0 Å². The minimum absolute atomic E-state index is 1.01. The van der Waals surface area contributed by atoms with Gasteiger partial charge in [0.25, 0.3) is 0 Å². The maximum atomic E-state index is 4.34. The monoisotopic (exact) mass is 272 g/mol. The average Bonchev–Trinajstić information content (AvgIpc) is 2.09. The second kappa shape index (κ2) is 5.46. The predicted molar refractivity (Wildman–Crippen MR) is 74.2 cm³/mol. The van der Waals surface area contributed by atoms with E-state index in [1.807, 2.05) is 0 Å². The minimum atomic E-state index is 1.01. The first-order valence-corrected chi connectivity index (χ1v) is 7.97. The molecule has 68 valence electrons. The first-order chi connectivity index (χ1) is 5.69. The van der Waals surface area contributed by atoms with E-state index in [1.165, 1.54) is 8.47 Å². The van der Waals surface area contributed by atoms with Crippen LogP contribution in [0.1, 0.15) is 0 Å². The number of thioether (sulfide) groups is 4. The molecule has 0 aromatic carbocycles. The molecule has 0 fully saturated rings.